The highest BCUT2D eigenvalue weighted by atomic mass is 32.2. The Hall–Kier alpha value is -2.86. The summed E-state index contributed by atoms with van der Waals surface area (Å²) in [7, 11) is 0. The second kappa shape index (κ2) is 9.19. The number of carbonyl (C=O) groups excluding carboxylic acids is 1. The minimum atomic E-state index is -0.0573. The van der Waals surface area contributed by atoms with Crippen LogP contribution in [0, 0.1) is 13.8 Å². The molecule has 27 heavy (non-hydrogen) atoms. The number of amides is 1. The number of hydrogen-bond donors (Lipinski definition) is 2. The number of nitrogens with zero attached hydrogens (tertiary/aromatic N) is 2. The van der Waals surface area contributed by atoms with E-state index in [2.05, 4.69) is 39.0 Å². The fourth-order valence-corrected chi connectivity index (χ4v) is 3.28. The molecule has 6 heteroatoms. The van der Waals surface area contributed by atoms with Crippen molar-refractivity contribution in [1.82, 2.24) is 10.2 Å². The molecule has 1 aromatic heterocycles. The number of aryl methyl sites for hydroxylation is 2. The van der Waals surface area contributed by atoms with Gasteiger partial charge in [0.1, 0.15) is 10.8 Å². The number of hydrogen-bond acceptors (Lipinski definition) is 5. The Morgan fingerprint density at radius 2 is 1.70 bits per heavy atom. The van der Waals surface area contributed by atoms with Crippen molar-refractivity contribution in [2.45, 2.75) is 25.4 Å². The van der Waals surface area contributed by atoms with E-state index in [9.17, 15) is 4.79 Å². The fraction of sp³-hybridized carbons (Fsp3) is 0.190. The largest absolute Gasteiger partial charge is 0.365 e. The zero-order chi connectivity index (χ0) is 19.1. The highest BCUT2D eigenvalue weighted by Crippen LogP contribution is 2.18. The third-order valence-electron chi connectivity index (χ3n) is 3.81. The van der Waals surface area contributed by atoms with Crippen molar-refractivity contribution in [1.29, 1.82) is 0 Å². The van der Waals surface area contributed by atoms with Crippen molar-refractivity contribution in [3.05, 3.63) is 77.4 Å². The molecular formula is C21H22N4OS. The lowest BCUT2D eigenvalue weighted by molar-refractivity contribution is -0.113. The van der Waals surface area contributed by atoms with Gasteiger partial charge in [0, 0.05) is 12.2 Å². The van der Waals surface area contributed by atoms with Gasteiger partial charge in [0.15, 0.2) is 0 Å². The van der Waals surface area contributed by atoms with Crippen LogP contribution in [0.3, 0.4) is 0 Å². The molecule has 2 aromatic carbocycles. The predicted molar refractivity (Wildman–Crippen MR) is 111 cm³/mol. The van der Waals surface area contributed by atoms with Gasteiger partial charge in [0.05, 0.1) is 5.75 Å². The van der Waals surface area contributed by atoms with E-state index < -0.39 is 0 Å². The molecule has 0 fully saturated rings. The lowest BCUT2D eigenvalue weighted by Gasteiger charge is -2.08. The summed E-state index contributed by atoms with van der Waals surface area (Å²) in [4.78, 5) is 12.1. The first-order valence-corrected chi connectivity index (χ1v) is 9.69. The monoisotopic (exact) mass is 378 g/mol. The molecule has 0 spiro atoms. The zero-order valence-electron chi connectivity index (χ0n) is 15.4. The van der Waals surface area contributed by atoms with E-state index in [1.807, 2.05) is 56.3 Å². The Kier molecular flexibility index (Phi) is 6.44. The van der Waals surface area contributed by atoms with Crippen molar-refractivity contribution in [3.8, 4) is 0 Å². The third kappa shape index (κ3) is 6.11. The highest BCUT2D eigenvalue weighted by molar-refractivity contribution is 7.99. The van der Waals surface area contributed by atoms with E-state index in [1.165, 1.54) is 17.3 Å². The van der Waals surface area contributed by atoms with Gasteiger partial charge < -0.3 is 10.6 Å². The Bertz CT molecular complexity index is 878. The number of rotatable bonds is 7. The number of benzene rings is 2. The molecule has 0 bridgehead atoms. The van der Waals surface area contributed by atoms with Gasteiger partial charge in [-0.1, -0.05) is 48.2 Å². The van der Waals surface area contributed by atoms with Crippen LogP contribution in [-0.2, 0) is 11.3 Å². The van der Waals surface area contributed by atoms with E-state index >= 15 is 0 Å². The molecule has 0 atom stereocenters. The van der Waals surface area contributed by atoms with Crippen molar-refractivity contribution in [2.75, 3.05) is 16.4 Å². The first-order chi connectivity index (χ1) is 13.1. The second-order valence-electron chi connectivity index (χ2n) is 6.31. The van der Waals surface area contributed by atoms with Crippen LogP contribution in [0.2, 0.25) is 0 Å². The van der Waals surface area contributed by atoms with Crippen LogP contribution < -0.4 is 10.6 Å². The summed E-state index contributed by atoms with van der Waals surface area (Å²) in [6, 6.07) is 19.9. The third-order valence-corrected chi connectivity index (χ3v) is 4.73. The SMILES string of the molecule is Cc1cc(C)cc(NC(=O)CSc2ccc(NCc3ccccc3)nn2)c1. The van der Waals surface area contributed by atoms with Gasteiger partial charge in [-0.3, -0.25) is 4.79 Å². The smallest absolute Gasteiger partial charge is 0.234 e. The van der Waals surface area contributed by atoms with E-state index in [0.29, 0.717) is 18.1 Å². The van der Waals surface area contributed by atoms with Gasteiger partial charge in [-0.05, 0) is 54.8 Å². The maximum atomic E-state index is 12.1. The van der Waals surface area contributed by atoms with Crippen molar-refractivity contribution >= 4 is 29.2 Å². The molecule has 3 rings (SSSR count). The normalized spacial score (nSPS) is 10.4. The molecule has 2 N–H and O–H groups in total. The summed E-state index contributed by atoms with van der Waals surface area (Å²) in [5.74, 6) is 0.944. The molecule has 1 amide bonds. The predicted octanol–water partition coefficient (Wildman–Crippen LogP) is 4.44. The summed E-state index contributed by atoms with van der Waals surface area (Å²) in [5, 5.41) is 15.2. The van der Waals surface area contributed by atoms with Crippen molar-refractivity contribution in [2.24, 2.45) is 0 Å². The quantitative estimate of drug-likeness (QED) is 0.595. The molecule has 0 saturated heterocycles. The highest BCUT2D eigenvalue weighted by Gasteiger charge is 2.06. The molecule has 0 radical (unpaired) electrons. The summed E-state index contributed by atoms with van der Waals surface area (Å²) >= 11 is 1.37. The van der Waals surface area contributed by atoms with Crippen LogP contribution >= 0.6 is 11.8 Å². The number of thioether (sulfide) groups is 1. The fourth-order valence-electron chi connectivity index (χ4n) is 2.66. The summed E-state index contributed by atoms with van der Waals surface area (Å²) in [6.07, 6.45) is 0. The summed E-state index contributed by atoms with van der Waals surface area (Å²) in [5.41, 5.74) is 4.26. The topological polar surface area (TPSA) is 66.9 Å². The maximum Gasteiger partial charge on any atom is 0.234 e. The number of anilines is 2. The molecule has 0 aliphatic carbocycles. The Morgan fingerprint density at radius 1 is 0.963 bits per heavy atom. The standard InChI is InChI=1S/C21H22N4OS/c1-15-10-16(2)12-18(11-15)23-20(26)14-27-21-9-8-19(24-25-21)22-13-17-6-4-3-5-7-17/h3-12H,13-14H2,1-2H3,(H,22,24)(H,23,26). The van der Waals surface area contributed by atoms with E-state index in [4.69, 9.17) is 0 Å². The Labute approximate surface area is 163 Å². The minimum absolute atomic E-state index is 0.0573. The molecule has 0 saturated carbocycles. The second-order valence-corrected chi connectivity index (χ2v) is 7.30. The van der Waals surface area contributed by atoms with Crippen LogP contribution in [0.5, 0.6) is 0 Å². The molecule has 1 heterocycles. The van der Waals surface area contributed by atoms with Crippen molar-refractivity contribution in [3.63, 3.8) is 0 Å². The Morgan fingerprint density at radius 3 is 2.37 bits per heavy atom. The number of aromatic nitrogens is 2. The number of carbonyl (C=O) groups is 1. The lowest BCUT2D eigenvalue weighted by atomic mass is 10.1. The first-order valence-electron chi connectivity index (χ1n) is 8.71. The van der Waals surface area contributed by atoms with Crippen LogP contribution in [0.4, 0.5) is 11.5 Å². The van der Waals surface area contributed by atoms with E-state index in [1.54, 1.807) is 0 Å². The molecule has 0 aliphatic heterocycles. The van der Waals surface area contributed by atoms with Crippen LogP contribution in [0.1, 0.15) is 16.7 Å². The van der Waals surface area contributed by atoms with E-state index in [0.717, 1.165) is 21.8 Å². The lowest BCUT2D eigenvalue weighted by Crippen LogP contribution is -2.14. The minimum Gasteiger partial charge on any atom is -0.365 e. The molecule has 3 aromatic rings. The van der Waals surface area contributed by atoms with Gasteiger partial charge >= 0.3 is 0 Å². The molecule has 0 aliphatic rings. The van der Waals surface area contributed by atoms with Crippen LogP contribution in [-0.4, -0.2) is 21.9 Å². The van der Waals surface area contributed by atoms with E-state index in [-0.39, 0.29) is 5.91 Å². The summed E-state index contributed by atoms with van der Waals surface area (Å²) in [6.45, 7) is 4.72. The van der Waals surface area contributed by atoms with Crippen molar-refractivity contribution < 1.29 is 4.79 Å². The van der Waals surface area contributed by atoms with Gasteiger partial charge in [0.25, 0.3) is 0 Å². The molecule has 0 unspecified atom stereocenters. The molecular weight excluding hydrogens is 356 g/mol. The van der Waals surface area contributed by atoms with Gasteiger partial charge in [0.2, 0.25) is 5.91 Å². The average molecular weight is 379 g/mol. The number of nitrogens with one attached hydrogen (secondary N) is 2. The average Bonchev–Trinajstić information content (AvgIpc) is 2.65. The van der Waals surface area contributed by atoms with Crippen LogP contribution in [0.15, 0.2) is 65.7 Å². The Balaban J connectivity index is 1.47. The van der Waals surface area contributed by atoms with Crippen LogP contribution in [0.25, 0.3) is 0 Å². The maximum absolute atomic E-state index is 12.1. The summed E-state index contributed by atoms with van der Waals surface area (Å²) < 4.78 is 0. The first kappa shape index (κ1) is 18.9. The molecule has 138 valence electrons. The molecule has 5 nitrogen and oxygen atoms in total. The zero-order valence-corrected chi connectivity index (χ0v) is 16.2. The van der Waals surface area contributed by atoms with Gasteiger partial charge in [-0.15, -0.1) is 10.2 Å². The van der Waals surface area contributed by atoms with Gasteiger partial charge in [-0.2, -0.15) is 0 Å². The van der Waals surface area contributed by atoms with Gasteiger partial charge in [-0.25, -0.2) is 0 Å².